The summed E-state index contributed by atoms with van der Waals surface area (Å²) in [6, 6.07) is 43.0. The zero-order valence-corrected chi connectivity index (χ0v) is 22.7. The predicted octanol–water partition coefficient (Wildman–Crippen LogP) is 9.50. The summed E-state index contributed by atoms with van der Waals surface area (Å²) in [5.74, 6) is 1.79. The molecule has 0 unspecified atom stereocenters. The maximum absolute atomic E-state index is 7.00. The molecule has 0 saturated heterocycles. The SMILES string of the molecule is C1=CC2(Oc3ccc4c5c(ccc4c31)OC1(C=C5)c3ccccc3-c3ccccc31)c1ccccc1-c1ccccc12. The molecule has 0 bridgehead atoms. The number of fused-ring (bicyclic) bond motifs is 15. The molecule has 0 saturated carbocycles. The van der Waals surface area contributed by atoms with Gasteiger partial charge in [0.2, 0.25) is 0 Å². The highest BCUT2D eigenvalue weighted by atomic mass is 16.5. The summed E-state index contributed by atoms with van der Waals surface area (Å²) in [5, 5.41) is 2.32. The van der Waals surface area contributed by atoms with Gasteiger partial charge in [-0.2, -0.15) is 0 Å². The molecule has 42 heavy (non-hydrogen) atoms. The molecule has 0 fully saturated rings. The maximum Gasteiger partial charge on any atom is 0.179 e. The Bertz CT molecular complexity index is 1970. The molecule has 2 spiro atoms. The zero-order valence-electron chi connectivity index (χ0n) is 22.7. The van der Waals surface area contributed by atoms with E-state index in [0.29, 0.717) is 0 Å². The van der Waals surface area contributed by atoms with Gasteiger partial charge in [-0.15, -0.1) is 0 Å². The van der Waals surface area contributed by atoms with Gasteiger partial charge in [0.25, 0.3) is 0 Å². The Balaban J connectivity index is 1.12. The summed E-state index contributed by atoms with van der Waals surface area (Å²) in [7, 11) is 0. The van der Waals surface area contributed by atoms with Crippen molar-refractivity contribution in [2.45, 2.75) is 11.2 Å². The Morgan fingerprint density at radius 2 is 0.690 bits per heavy atom. The average molecular weight is 537 g/mol. The number of benzene rings is 6. The van der Waals surface area contributed by atoms with Crippen molar-refractivity contribution >= 4 is 22.9 Å². The Hall–Kier alpha value is -5.34. The molecule has 2 aliphatic carbocycles. The minimum Gasteiger partial charge on any atom is -0.473 e. The van der Waals surface area contributed by atoms with Crippen molar-refractivity contribution in [3.8, 4) is 33.8 Å². The molecule has 2 aliphatic heterocycles. The van der Waals surface area contributed by atoms with Crippen molar-refractivity contribution in [1.29, 1.82) is 0 Å². The molecule has 0 N–H and O–H groups in total. The summed E-state index contributed by atoms with van der Waals surface area (Å²) in [6.45, 7) is 0. The van der Waals surface area contributed by atoms with E-state index in [4.69, 9.17) is 9.47 Å². The fourth-order valence-corrected chi connectivity index (χ4v) is 7.79. The highest BCUT2D eigenvalue weighted by Gasteiger charge is 2.47. The van der Waals surface area contributed by atoms with Crippen LogP contribution in [0.2, 0.25) is 0 Å². The summed E-state index contributed by atoms with van der Waals surface area (Å²) >= 11 is 0. The normalized spacial score (nSPS) is 16.7. The van der Waals surface area contributed by atoms with Gasteiger partial charge in [-0.1, -0.05) is 97.1 Å². The molecule has 6 aromatic rings. The van der Waals surface area contributed by atoms with Gasteiger partial charge < -0.3 is 9.47 Å². The van der Waals surface area contributed by atoms with Gasteiger partial charge in [0.15, 0.2) is 11.2 Å². The molecule has 2 heterocycles. The van der Waals surface area contributed by atoms with Gasteiger partial charge in [0.05, 0.1) is 0 Å². The molecule has 4 aliphatic rings. The zero-order chi connectivity index (χ0) is 27.5. The van der Waals surface area contributed by atoms with Crippen LogP contribution >= 0.6 is 0 Å². The van der Waals surface area contributed by atoms with E-state index in [1.165, 1.54) is 44.5 Å². The van der Waals surface area contributed by atoms with Crippen molar-refractivity contribution in [3.63, 3.8) is 0 Å². The van der Waals surface area contributed by atoms with Gasteiger partial charge in [0.1, 0.15) is 11.5 Å². The van der Waals surface area contributed by atoms with E-state index in [-0.39, 0.29) is 0 Å². The van der Waals surface area contributed by atoms with Crippen LogP contribution in [0.15, 0.2) is 133 Å². The van der Waals surface area contributed by atoms with Gasteiger partial charge in [0, 0.05) is 33.4 Å². The largest absolute Gasteiger partial charge is 0.473 e. The lowest BCUT2D eigenvalue weighted by molar-refractivity contribution is 0.165. The third kappa shape index (κ3) is 2.61. The van der Waals surface area contributed by atoms with Crippen LogP contribution in [0.1, 0.15) is 33.4 Å². The minimum absolute atomic E-state index is 0.624. The van der Waals surface area contributed by atoms with Crippen LogP contribution in [0.25, 0.3) is 45.2 Å². The monoisotopic (exact) mass is 536 g/mol. The number of rotatable bonds is 0. The molecule has 0 atom stereocenters. The molecule has 196 valence electrons. The van der Waals surface area contributed by atoms with Crippen molar-refractivity contribution in [3.05, 3.63) is 167 Å². The second-order valence-electron chi connectivity index (χ2n) is 11.6. The second kappa shape index (κ2) is 7.69. The van der Waals surface area contributed by atoms with E-state index in [0.717, 1.165) is 33.4 Å². The van der Waals surface area contributed by atoms with E-state index < -0.39 is 11.2 Å². The lowest BCUT2D eigenvalue weighted by atomic mass is 9.85. The van der Waals surface area contributed by atoms with Crippen LogP contribution < -0.4 is 9.47 Å². The van der Waals surface area contributed by atoms with E-state index in [9.17, 15) is 0 Å². The van der Waals surface area contributed by atoms with E-state index in [1.54, 1.807) is 0 Å². The first-order chi connectivity index (χ1) is 20.8. The Morgan fingerprint density at radius 3 is 1.05 bits per heavy atom. The number of hydrogen-bond acceptors (Lipinski definition) is 2. The molecule has 10 rings (SSSR count). The van der Waals surface area contributed by atoms with Crippen LogP contribution in [0.3, 0.4) is 0 Å². The van der Waals surface area contributed by atoms with Gasteiger partial charge in [-0.3, -0.25) is 0 Å². The first-order valence-corrected chi connectivity index (χ1v) is 14.5. The van der Waals surface area contributed by atoms with Crippen molar-refractivity contribution in [2.24, 2.45) is 0 Å². The first kappa shape index (κ1) is 22.4. The summed E-state index contributed by atoms with van der Waals surface area (Å²) in [6.07, 6.45) is 8.99. The molecule has 2 nitrogen and oxygen atoms in total. The molecule has 0 aromatic heterocycles. The van der Waals surface area contributed by atoms with Crippen molar-refractivity contribution in [1.82, 2.24) is 0 Å². The van der Waals surface area contributed by atoms with E-state index in [1.807, 2.05) is 0 Å². The molecule has 0 radical (unpaired) electrons. The predicted molar refractivity (Wildman–Crippen MR) is 169 cm³/mol. The summed E-state index contributed by atoms with van der Waals surface area (Å²) in [5.41, 5.74) is 10.7. The Morgan fingerprint density at radius 1 is 0.357 bits per heavy atom. The molecule has 6 aromatic carbocycles. The molecular weight excluding hydrogens is 512 g/mol. The molecule has 0 amide bonds. The van der Waals surface area contributed by atoms with Gasteiger partial charge >= 0.3 is 0 Å². The maximum atomic E-state index is 7.00. The quantitative estimate of drug-likeness (QED) is 0.192. The standard InChI is InChI=1S/C40H24O2/c1-5-13-33-27(9-1)28-10-2-6-14-34(28)39(33)23-21-31-25-18-20-38-32(26(25)17-19-37(31)41-39)22-24-40(42-38)35-15-7-3-11-29(35)30-12-4-8-16-36(30)40/h1-24H. The summed E-state index contributed by atoms with van der Waals surface area (Å²) in [4.78, 5) is 0. The van der Waals surface area contributed by atoms with Crippen molar-refractivity contribution in [2.75, 3.05) is 0 Å². The smallest absolute Gasteiger partial charge is 0.179 e. The molecular formula is C40H24O2. The summed E-state index contributed by atoms with van der Waals surface area (Å²) < 4.78 is 14.0. The third-order valence-corrected chi connectivity index (χ3v) is 9.60. The van der Waals surface area contributed by atoms with Crippen LogP contribution in [0.4, 0.5) is 0 Å². The number of hydrogen-bond donors (Lipinski definition) is 0. The highest BCUT2D eigenvalue weighted by molar-refractivity contribution is 6.01. The fraction of sp³-hybridized carbons (Fsp3) is 0.0500. The lowest BCUT2D eigenvalue weighted by Gasteiger charge is -2.35. The van der Waals surface area contributed by atoms with Crippen LogP contribution in [-0.4, -0.2) is 0 Å². The average Bonchev–Trinajstić information content (AvgIpc) is 3.48. The highest BCUT2D eigenvalue weighted by Crippen LogP contribution is 2.56. The molecule has 2 heteroatoms. The number of ether oxygens (including phenoxy) is 2. The lowest BCUT2D eigenvalue weighted by Crippen LogP contribution is -2.32. The van der Waals surface area contributed by atoms with Crippen LogP contribution in [-0.2, 0) is 11.2 Å². The van der Waals surface area contributed by atoms with Crippen molar-refractivity contribution < 1.29 is 9.47 Å². The minimum atomic E-state index is -0.624. The van der Waals surface area contributed by atoms with Gasteiger partial charge in [-0.25, -0.2) is 0 Å². The second-order valence-corrected chi connectivity index (χ2v) is 11.6. The van der Waals surface area contributed by atoms with Crippen LogP contribution in [0, 0.1) is 0 Å². The van der Waals surface area contributed by atoms with Crippen LogP contribution in [0.5, 0.6) is 11.5 Å². The van der Waals surface area contributed by atoms with E-state index >= 15 is 0 Å². The van der Waals surface area contributed by atoms with Gasteiger partial charge in [-0.05, 0) is 81.6 Å². The topological polar surface area (TPSA) is 18.5 Å². The first-order valence-electron chi connectivity index (χ1n) is 14.5. The Kier molecular flexibility index (Phi) is 4.09. The Labute approximate surface area is 243 Å². The van der Waals surface area contributed by atoms with E-state index in [2.05, 4.69) is 146 Å². The fourth-order valence-electron chi connectivity index (χ4n) is 7.79. The third-order valence-electron chi connectivity index (χ3n) is 9.60.